The van der Waals surface area contributed by atoms with Gasteiger partial charge in [0.05, 0.1) is 0 Å². The number of alkyl halides is 1. The van der Waals surface area contributed by atoms with E-state index in [0.717, 1.165) is 23.8 Å². The molecule has 0 heterocycles. The molecule has 1 atom stereocenters. The maximum absolute atomic E-state index is 12.2. The van der Waals surface area contributed by atoms with Crippen LogP contribution in [0.2, 0.25) is 0 Å². The molecule has 0 bridgehead atoms. The molecule has 0 aliphatic carbocycles. The first-order valence-electron chi connectivity index (χ1n) is 6.93. The van der Waals surface area contributed by atoms with Crippen LogP contribution in [0.4, 0.5) is 0 Å². The van der Waals surface area contributed by atoms with E-state index in [1.165, 1.54) is 6.42 Å². The fraction of sp³-hybridized carbons (Fsp3) is 0.933. The highest BCUT2D eigenvalue weighted by Crippen LogP contribution is 2.30. The minimum Gasteiger partial charge on any atom is -0.355 e. The van der Waals surface area contributed by atoms with Crippen LogP contribution < -0.4 is 5.32 Å². The van der Waals surface area contributed by atoms with E-state index >= 15 is 0 Å². The Labute approximate surface area is 127 Å². The SMILES string of the molecule is CC(CCI)CNC(=O)C(C)(C)CCC(C)(C)C. The van der Waals surface area contributed by atoms with Gasteiger partial charge in [-0.3, -0.25) is 4.79 Å². The van der Waals surface area contributed by atoms with E-state index < -0.39 is 0 Å². The molecular weight excluding hydrogens is 337 g/mol. The van der Waals surface area contributed by atoms with Crippen LogP contribution in [-0.4, -0.2) is 16.9 Å². The molecule has 0 spiro atoms. The number of hydrogen-bond acceptors (Lipinski definition) is 1. The molecule has 0 radical (unpaired) electrons. The Hall–Kier alpha value is 0.200. The van der Waals surface area contributed by atoms with Gasteiger partial charge in [0.2, 0.25) is 5.91 Å². The molecule has 18 heavy (non-hydrogen) atoms. The lowest BCUT2D eigenvalue weighted by molar-refractivity contribution is -0.130. The van der Waals surface area contributed by atoms with Crippen LogP contribution >= 0.6 is 22.6 Å². The molecule has 0 aromatic heterocycles. The van der Waals surface area contributed by atoms with Crippen LogP contribution in [0.5, 0.6) is 0 Å². The van der Waals surface area contributed by atoms with E-state index in [9.17, 15) is 4.79 Å². The van der Waals surface area contributed by atoms with Crippen LogP contribution in [-0.2, 0) is 4.79 Å². The lowest BCUT2D eigenvalue weighted by Crippen LogP contribution is -2.39. The monoisotopic (exact) mass is 367 g/mol. The zero-order valence-corrected chi connectivity index (χ0v) is 15.1. The third-order valence-corrected chi connectivity index (χ3v) is 3.95. The van der Waals surface area contributed by atoms with E-state index in [1.807, 2.05) is 0 Å². The fourth-order valence-corrected chi connectivity index (χ4v) is 2.66. The van der Waals surface area contributed by atoms with Crippen LogP contribution in [0.15, 0.2) is 0 Å². The summed E-state index contributed by atoms with van der Waals surface area (Å²) in [6, 6.07) is 0. The highest BCUT2D eigenvalue weighted by atomic mass is 127. The van der Waals surface area contributed by atoms with Gasteiger partial charge < -0.3 is 5.32 Å². The number of amides is 1. The molecule has 108 valence electrons. The molecule has 2 nitrogen and oxygen atoms in total. The average molecular weight is 367 g/mol. The van der Waals surface area contributed by atoms with E-state index in [4.69, 9.17) is 0 Å². The molecule has 1 amide bonds. The lowest BCUT2D eigenvalue weighted by atomic mass is 9.79. The number of nitrogens with one attached hydrogen (secondary N) is 1. The molecule has 0 saturated heterocycles. The predicted molar refractivity (Wildman–Crippen MR) is 88.1 cm³/mol. The van der Waals surface area contributed by atoms with E-state index in [0.29, 0.717) is 11.3 Å². The van der Waals surface area contributed by atoms with Gasteiger partial charge in [-0.05, 0) is 35.0 Å². The van der Waals surface area contributed by atoms with Gasteiger partial charge in [-0.1, -0.05) is 64.1 Å². The van der Waals surface area contributed by atoms with Gasteiger partial charge in [0.15, 0.2) is 0 Å². The second-order valence-corrected chi connectivity index (χ2v) is 8.32. The molecule has 0 fully saturated rings. The maximum atomic E-state index is 12.2. The van der Waals surface area contributed by atoms with Gasteiger partial charge in [-0.25, -0.2) is 0 Å². The molecule has 1 unspecified atom stereocenters. The van der Waals surface area contributed by atoms with Crippen molar-refractivity contribution in [2.75, 3.05) is 11.0 Å². The molecule has 0 aliphatic heterocycles. The molecule has 0 aliphatic rings. The minimum atomic E-state index is -0.253. The Balaban J connectivity index is 4.14. The van der Waals surface area contributed by atoms with Crippen molar-refractivity contribution in [1.82, 2.24) is 5.32 Å². The first-order valence-corrected chi connectivity index (χ1v) is 8.45. The second kappa shape index (κ2) is 7.71. The van der Waals surface area contributed by atoms with Gasteiger partial charge in [-0.2, -0.15) is 0 Å². The largest absolute Gasteiger partial charge is 0.355 e. The molecule has 1 N–H and O–H groups in total. The van der Waals surface area contributed by atoms with Crippen molar-refractivity contribution >= 4 is 28.5 Å². The zero-order chi connectivity index (χ0) is 14.4. The fourth-order valence-electron chi connectivity index (χ4n) is 1.60. The van der Waals surface area contributed by atoms with Crippen molar-refractivity contribution in [3.8, 4) is 0 Å². The normalized spacial score (nSPS) is 14.4. The summed E-state index contributed by atoms with van der Waals surface area (Å²) in [5.74, 6) is 0.774. The average Bonchev–Trinajstić information content (AvgIpc) is 2.23. The summed E-state index contributed by atoms with van der Waals surface area (Å²) in [6.07, 6.45) is 3.20. The zero-order valence-electron chi connectivity index (χ0n) is 12.9. The van der Waals surface area contributed by atoms with Crippen molar-refractivity contribution in [3.63, 3.8) is 0 Å². The van der Waals surface area contributed by atoms with Crippen molar-refractivity contribution < 1.29 is 4.79 Å². The van der Waals surface area contributed by atoms with Gasteiger partial charge in [0.25, 0.3) is 0 Å². The summed E-state index contributed by atoms with van der Waals surface area (Å²) in [7, 11) is 0. The van der Waals surface area contributed by atoms with Gasteiger partial charge in [-0.15, -0.1) is 0 Å². The number of hydrogen-bond donors (Lipinski definition) is 1. The highest BCUT2D eigenvalue weighted by molar-refractivity contribution is 14.1. The molecule has 0 aromatic rings. The third kappa shape index (κ3) is 8.33. The van der Waals surface area contributed by atoms with Crippen LogP contribution in [0.1, 0.15) is 60.8 Å². The highest BCUT2D eigenvalue weighted by Gasteiger charge is 2.29. The Morgan fingerprint density at radius 1 is 1.17 bits per heavy atom. The molecular formula is C15H30INO. The Morgan fingerprint density at radius 3 is 2.17 bits per heavy atom. The number of rotatable bonds is 7. The first-order chi connectivity index (χ1) is 8.08. The molecule has 3 heteroatoms. The van der Waals surface area contributed by atoms with E-state index in [1.54, 1.807) is 0 Å². The topological polar surface area (TPSA) is 29.1 Å². The van der Waals surface area contributed by atoms with Crippen LogP contribution in [0, 0.1) is 16.7 Å². The molecule has 0 saturated carbocycles. The Bertz CT molecular complexity index is 256. The van der Waals surface area contributed by atoms with Crippen molar-refractivity contribution in [1.29, 1.82) is 0 Å². The van der Waals surface area contributed by atoms with E-state index in [-0.39, 0.29) is 11.3 Å². The number of carbonyl (C=O) groups excluding carboxylic acids is 1. The van der Waals surface area contributed by atoms with Gasteiger partial charge in [0, 0.05) is 12.0 Å². The van der Waals surface area contributed by atoms with Gasteiger partial charge >= 0.3 is 0 Å². The Kier molecular flexibility index (Phi) is 7.79. The van der Waals surface area contributed by atoms with Crippen molar-refractivity contribution in [3.05, 3.63) is 0 Å². The Morgan fingerprint density at radius 2 is 1.72 bits per heavy atom. The lowest BCUT2D eigenvalue weighted by Gasteiger charge is -2.28. The predicted octanol–water partition coefficient (Wildman–Crippen LogP) is 4.42. The number of halogens is 1. The minimum absolute atomic E-state index is 0.201. The summed E-state index contributed by atoms with van der Waals surface area (Å²) < 4.78 is 1.15. The van der Waals surface area contributed by atoms with E-state index in [2.05, 4.69) is 69.5 Å². The first kappa shape index (κ1) is 18.2. The van der Waals surface area contributed by atoms with Crippen molar-refractivity contribution in [2.24, 2.45) is 16.7 Å². The van der Waals surface area contributed by atoms with Gasteiger partial charge in [0.1, 0.15) is 0 Å². The second-order valence-electron chi connectivity index (χ2n) is 7.24. The standard InChI is InChI=1S/C15H30INO/c1-12(7-10-16)11-17-13(18)15(5,6)9-8-14(2,3)4/h12H,7-11H2,1-6H3,(H,17,18). The summed E-state index contributed by atoms with van der Waals surface area (Å²) in [5.41, 5.74) is 0.0450. The summed E-state index contributed by atoms with van der Waals surface area (Å²) in [6.45, 7) is 13.8. The van der Waals surface area contributed by atoms with Crippen molar-refractivity contribution in [2.45, 2.75) is 60.8 Å². The summed E-state index contributed by atoms with van der Waals surface area (Å²) in [5, 5.41) is 3.10. The molecule has 0 aromatic carbocycles. The maximum Gasteiger partial charge on any atom is 0.225 e. The molecule has 0 rings (SSSR count). The number of carbonyl (C=O) groups is 1. The summed E-state index contributed by atoms with van der Waals surface area (Å²) in [4.78, 5) is 12.2. The van der Waals surface area contributed by atoms with Crippen LogP contribution in [0.25, 0.3) is 0 Å². The summed E-state index contributed by atoms with van der Waals surface area (Å²) >= 11 is 2.39. The third-order valence-electron chi connectivity index (χ3n) is 3.33. The quantitative estimate of drug-likeness (QED) is 0.524. The van der Waals surface area contributed by atoms with Crippen LogP contribution in [0.3, 0.4) is 0 Å². The smallest absolute Gasteiger partial charge is 0.225 e.